The van der Waals surface area contributed by atoms with Gasteiger partial charge in [0.05, 0.1) is 36.4 Å². The van der Waals surface area contributed by atoms with Crippen molar-refractivity contribution in [3.8, 4) is 0 Å². The number of ether oxygens (including phenoxy) is 2. The van der Waals surface area contributed by atoms with Crippen LogP contribution < -0.4 is 31.9 Å². The molecule has 4 fully saturated rings. The van der Waals surface area contributed by atoms with E-state index >= 15 is 0 Å². The van der Waals surface area contributed by atoms with Crippen LogP contribution in [-0.2, 0) is 51.1 Å². The van der Waals surface area contributed by atoms with E-state index in [-0.39, 0.29) is 71.6 Å². The normalized spacial score (nSPS) is 25.6. The molecule has 2 saturated heterocycles. The maximum absolute atomic E-state index is 14.4. The monoisotopic (exact) mass is 1020 g/mol. The van der Waals surface area contributed by atoms with Gasteiger partial charge < -0.3 is 51.2 Å². The largest absolute Gasteiger partial charge is 0.375 e. The summed E-state index contributed by atoms with van der Waals surface area (Å²) in [5, 5.41) is 18.8. The van der Waals surface area contributed by atoms with E-state index in [2.05, 4.69) is 56.2 Å². The number of nitrogens with zero attached hydrogens (tertiary/aromatic N) is 2. The molecule has 16 nitrogen and oxygen atoms in total. The van der Waals surface area contributed by atoms with E-state index in [1.54, 1.807) is 37.7 Å². The number of carbonyl (C=O) groups is 6. The highest BCUT2D eigenvalue weighted by atomic mass is 16.5. The number of fused-ring (bicyclic) bond motifs is 2. The summed E-state index contributed by atoms with van der Waals surface area (Å²) < 4.78 is 13.2. The third-order valence-corrected chi connectivity index (χ3v) is 17.4. The van der Waals surface area contributed by atoms with Crippen molar-refractivity contribution in [2.24, 2.45) is 11.8 Å². The lowest BCUT2D eigenvalue weighted by Gasteiger charge is -2.35. The second kappa shape index (κ2) is 26.7. The van der Waals surface area contributed by atoms with Crippen molar-refractivity contribution in [1.29, 1.82) is 0 Å². The van der Waals surface area contributed by atoms with Crippen molar-refractivity contribution in [3.63, 3.8) is 0 Å². The minimum Gasteiger partial charge on any atom is -0.375 e. The lowest BCUT2D eigenvalue weighted by atomic mass is 9.83. The summed E-state index contributed by atoms with van der Waals surface area (Å²) in [4.78, 5) is 86.9. The van der Waals surface area contributed by atoms with E-state index in [1.807, 2.05) is 24.3 Å². The van der Waals surface area contributed by atoms with Gasteiger partial charge >= 0.3 is 0 Å². The molecule has 10 atom stereocenters. The van der Waals surface area contributed by atoms with Gasteiger partial charge in [0.1, 0.15) is 24.2 Å². The van der Waals surface area contributed by atoms with E-state index in [0.29, 0.717) is 52.0 Å². The second-order valence-corrected chi connectivity index (χ2v) is 22.2. The molecule has 0 aromatic heterocycles. The number of rotatable bonds is 23. The highest BCUT2D eigenvalue weighted by Crippen LogP contribution is 2.37. The Morgan fingerprint density at radius 3 is 1.31 bits per heavy atom. The Balaban J connectivity index is 0.810. The molecule has 2 aliphatic heterocycles. The van der Waals surface area contributed by atoms with Crippen molar-refractivity contribution in [3.05, 3.63) is 70.8 Å². The molecule has 74 heavy (non-hydrogen) atoms. The van der Waals surface area contributed by atoms with Crippen molar-refractivity contribution >= 4 is 35.4 Å². The third kappa shape index (κ3) is 13.4. The Hall–Kier alpha value is -4.90. The topological polar surface area (TPSA) is 200 Å². The van der Waals surface area contributed by atoms with Crippen LogP contribution in [-0.4, -0.2) is 134 Å². The number of likely N-dealkylation sites (tertiary alicyclic amines) is 2. The Bertz CT molecular complexity index is 2080. The molecule has 4 aliphatic carbocycles. The van der Waals surface area contributed by atoms with E-state index < -0.39 is 36.3 Å². The highest BCUT2D eigenvalue weighted by molar-refractivity contribution is 5.95. The van der Waals surface area contributed by atoms with Gasteiger partial charge in [-0.25, -0.2) is 0 Å². The third-order valence-electron chi connectivity index (χ3n) is 17.4. The summed E-state index contributed by atoms with van der Waals surface area (Å²) in [5.41, 5.74) is 4.40. The lowest BCUT2D eigenvalue weighted by Crippen LogP contribution is -2.58. The van der Waals surface area contributed by atoms with E-state index in [1.165, 1.54) is 0 Å². The lowest BCUT2D eigenvalue weighted by molar-refractivity contribution is -0.143. The quantitative estimate of drug-likeness (QED) is 0.0777. The summed E-state index contributed by atoms with van der Waals surface area (Å²) in [7, 11) is 3.47. The first-order valence-electron chi connectivity index (χ1n) is 28.5. The summed E-state index contributed by atoms with van der Waals surface area (Å²) in [6.45, 7) is 5.64. The van der Waals surface area contributed by atoms with Crippen molar-refractivity contribution in [2.45, 2.75) is 203 Å². The van der Waals surface area contributed by atoms with Gasteiger partial charge in [-0.05, 0) is 126 Å². The number of benzene rings is 2. The van der Waals surface area contributed by atoms with Crippen LogP contribution in [0.5, 0.6) is 0 Å². The molecule has 2 saturated carbocycles. The van der Waals surface area contributed by atoms with Gasteiger partial charge in [0.15, 0.2) is 0 Å². The molecule has 2 heterocycles. The fraction of sp³-hybridized carbons (Fsp3) is 0.690. The second-order valence-electron chi connectivity index (χ2n) is 22.2. The summed E-state index contributed by atoms with van der Waals surface area (Å²) >= 11 is 0. The molecule has 16 heteroatoms. The van der Waals surface area contributed by atoms with Crippen molar-refractivity contribution < 1.29 is 38.2 Å². The van der Waals surface area contributed by atoms with Crippen molar-refractivity contribution in [2.75, 3.05) is 40.4 Å². The number of amides is 6. The number of unbranched alkanes of at least 4 members (excludes halogenated alkanes) is 3. The first kappa shape index (κ1) is 55.3. The average Bonchev–Trinajstić information content (AvgIpc) is 4.26. The minimum absolute atomic E-state index is 0.0485. The Morgan fingerprint density at radius 2 is 0.919 bits per heavy atom. The predicted octanol–water partition coefficient (Wildman–Crippen LogP) is 5.47. The summed E-state index contributed by atoms with van der Waals surface area (Å²) in [6, 6.07) is 12.3. The van der Waals surface area contributed by atoms with Gasteiger partial charge in [-0.15, -0.1) is 0 Å². The molecule has 6 N–H and O–H groups in total. The predicted molar refractivity (Wildman–Crippen MR) is 284 cm³/mol. The van der Waals surface area contributed by atoms with Gasteiger partial charge in [0.2, 0.25) is 35.4 Å². The molecule has 0 bridgehead atoms. The summed E-state index contributed by atoms with van der Waals surface area (Å²) in [5.74, 6) is -0.965. The van der Waals surface area contributed by atoms with Crippen LogP contribution >= 0.6 is 0 Å². The standard InChI is InChI=1S/C58H86N8O8/c1-37(59-3)53(67)61-49(39-21-9-7-10-22-39)57(71)65-31-19-29-45(65)55(69)63-51-43-27-15-13-25-41(43)35-47(51)73-33-17-5-6-18-34-74-48-36-42-26-14-16-28-44(42)52(48)64-56(70)46-30-20-32-66(46)58(72)50(40-23-11-8-12-24-40)62-54(68)38(2)60-4/h13-16,25-28,37-40,45-52,59-60H,5-12,17-24,29-36H2,1-4H3,(H,61,67)(H,62,68)(H,63,69)(H,64,70). The van der Waals surface area contributed by atoms with E-state index in [9.17, 15) is 28.8 Å². The molecular formula is C58H86N8O8. The Labute approximate surface area is 439 Å². The molecule has 10 unspecified atom stereocenters. The number of hydrogen-bond acceptors (Lipinski definition) is 10. The number of nitrogens with one attached hydrogen (secondary N) is 6. The van der Waals surface area contributed by atoms with Crippen LogP contribution in [0.25, 0.3) is 0 Å². The van der Waals surface area contributed by atoms with Crippen LogP contribution in [0.15, 0.2) is 48.5 Å². The molecule has 6 aliphatic rings. The first-order chi connectivity index (χ1) is 36.0. The molecule has 0 radical (unpaired) electrons. The molecule has 2 aromatic rings. The molecule has 8 rings (SSSR count). The number of hydrogen-bond donors (Lipinski definition) is 6. The number of likely N-dealkylation sites (N-methyl/N-ethyl adjacent to an activating group) is 2. The van der Waals surface area contributed by atoms with Gasteiger partial charge in [-0.3, -0.25) is 28.8 Å². The van der Waals surface area contributed by atoms with Gasteiger partial charge in [0.25, 0.3) is 0 Å². The van der Waals surface area contributed by atoms with Crippen LogP contribution in [0, 0.1) is 11.8 Å². The molecule has 6 amide bonds. The van der Waals surface area contributed by atoms with Crippen LogP contribution in [0.2, 0.25) is 0 Å². The van der Waals surface area contributed by atoms with Crippen LogP contribution in [0.3, 0.4) is 0 Å². The Kier molecular flexibility index (Phi) is 20.0. The highest BCUT2D eigenvalue weighted by Gasteiger charge is 2.45. The minimum atomic E-state index is -0.653. The fourth-order valence-corrected chi connectivity index (χ4v) is 12.8. The van der Waals surface area contributed by atoms with Gasteiger partial charge in [0, 0.05) is 39.1 Å². The summed E-state index contributed by atoms with van der Waals surface area (Å²) in [6.07, 6.45) is 17.0. The zero-order chi connectivity index (χ0) is 52.1. The smallest absolute Gasteiger partial charge is 0.246 e. The van der Waals surface area contributed by atoms with E-state index in [4.69, 9.17) is 9.47 Å². The average molecular weight is 1020 g/mol. The van der Waals surface area contributed by atoms with Gasteiger partial charge in [-0.2, -0.15) is 0 Å². The number of carbonyl (C=O) groups excluding carboxylic acids is 6. The molecule has 0 spiro atoms. The first-order valence-corrected chi connectivity index (χ1v) is 28.5. The SMILES string of the molecule is CNC(C)C(=O)NC(C(=O)N1CCCC1C(=O)NC1c2ccccc2CC1OCCCCCCOC1Cc2ccccc2C1NC(=O)C1CCCN1C(=O)C(NC(=O)C(C)NC)C1CCCCC1)C1CCCCC1. The molecular weight excluding hydrogens is 937 g/mol. The maximum Gasteiger partial charge on any atom is 0.246 e. The molecule has 406 valence electrons. The maximum atomic E-state index is 14.4. The van der Waals surface area contributed by atoms with Gasteiger partial charge in [-0.1, -0.05) is 99.9 Å². The fourth-order valence-electron chi connectivity index (χ4n) is 12.8. The zero-order valence-corrected chi connectivity index (χ0v) is 44.7. The molecule has 2 aromatic carbocycles. The van der Waals surface area contributed by atoms with Crippen LogP contribution in [0.1, 0.15) is 164 Å². The van der Waals surface area contributed by atoms with Crippen molar-refractivity contribution in [1.82, 2.24) is 41.7 Å². The van der Waals surface area contributed by atoms with Crippen LogP contribution in [0.4, 0.5) is 0 Å². The van der Waals surface area contributed by atoms with E-state index in [0.717, 1.165) is 125 Å². The zero-order valence-electron chi connectivity index (χ0n) is 44.7. The Morgan fingerprint density at radius 1 is 0.527 bits per heavy atom.